The second kappa shape index (κ2) is 8.81. The first kappa shape index (κ1) is 20.9. The number of rotatable bonds is 6. The standard InChI is InChI=1S/C24H23NO5S/c1-29-18-11-9-16(12-19(18)30-2)22(26)25-23-21(24(27)28)17-10-8-15(13-20(17)31-23)14-6-4-3-5-7-14/h3-7,9,11-12,15H,8,10,13H2,1-2H3,(H,25,26)(H,27,28). The average molecular weight is 438 g/mol. The molecule has 1 unspecified atom stereocenters. The number of anilines is 1. The van der Waals surface area contributed by atoms with Gasteiger partial charge >= 0.3 is 5.97 Å². The van der Waals surface area contributed by atoms with E-state index in [2.05, 4.69) is 17.4 Å². The molecule has 2 aromatic carbocycles. The van der Waals surface area contributed by atoms with Crippen molar-refractivity contribution in [1.29, 1.82) is 0 Å². The molecule has 3 aromatic rings. The van der Waals surface area contributed by atoms with E-state index in [0.29, 0.717) is 34.4 Å². The highest BCUT2D eigenvalue weighted by Gasteiger charge is 2.30. The minimum absolute atomic E-state index is 0.209. The van der Waals surface area contributed by atoms with Crippen LogP contribution in [-0.2, 0) is 12.8 Å². The van der Waals surface area contributed by atoms with Crippen molar-refractivity contribution in [1.82, 2.24) is 0 Å². The summed E-state index contributed by atoms with van der Waals surface area (Å²) in [7, 11) is 3.02. The SMILES string of the molecule is COc1ccc(C(=O)Nc2sc3c(c2C(=O)O)CCC(c2ccccc2)C3)cc1OC. The van der Waals surface area contributed by atoms with E-state index in [0.717, 1.165) is 23.3 Å². The van der Waals surface area contributed by atoms with Crippen LogP contribution in [0.1, 0.15) is 49.1 Å². The number of amides is 1. The molecule has 1 heterocycles. The van der Waals surface area contributed by atoms with E-state index < -0.39 is 5.97 Å². The molecule has 2 N–H and O–H groups in total. The Morgan fingerprint density at radius 2 is 1.81 bits per heavy atom. The summed E-state index contributed by atoms with van der Waals surface area (Å²) in [6.07, 6.45) is 2.34. The van der Waals surface area contributed by atoms with Gasteiger partial charge in [0.05, 0.1) is 19.8 Å². The van der Waals surface area contributed by atoms with E-state index in [-0.39, 0.29) is 11.5 Å². The van der Waals surface area contributed by atoms with Crippen molar-refractivity contribution in [2.45, 2.75) is 25.2 Å². The van der Waals surface area contributed by atoms with Gasteiger partial charge in [-0.05, 0) is 54.5 Å². The lowest BCUT2D eigenvalue weighted by Gasteiger charge is -2.22. The predicted octanol–water partition coefficient (Wildman–Crippen LogP) is 4.99. The first-order valence-electron chi connectivity index (χ1n) is 9.98. The number of carboxylic acids is 1. The molecule has 4 rings (SSSR count). The van der Waals surface area contributed by atoms with Crippen LogP contribution in [0.5, 0.6) is 11.5 Å². The van der Waals surface area contributed by atoms with Crippen LogP contribution in [0.25, 0.3) is 0 Å². The molecule has 0 aliphatic heterocycles. The molecule has 0 saturated heterocycles. The monoisotopic (exact) mass is 437 g/mol. The number of hydrogen-bond donors (Lipinski definition) is 2. The van der Waals surface area contributed by atoms with E-state index in [9.17, 15) is 14.7 Å². The van der Waals surface area contributed by atoms with Gasteiger partial charge < -0.3 is 19.9 Å². The van der Waals surface area contributed by atoms with Gasteiger partial charge in [-0.25, -0.2) is 4.79 Å². The molecule has 0 spiro atoms. The van der Waals surface area contributed by atoms with Gasteiger partial charge in [0.2, 0.25) is 0 Å². The minimum Gasteiger partial charge on any atom is -0.493 e. The van der Waals surface area contributed by atoms with Crippen LogP contribution in [0, 0.1) is 0 Å². The van der Waals surface area contributed by atoms with E-state index >= 15 is 0 Å². The molecular weight excluding hydrogens is 414 g/mol. The zero-order chi connectivity index (χ0) is 22.0. The maximum atomic E-state index is 12.9. The van der Waals surface area contributed by atoms with Gasteiger partial charge in [-0.15, -0.1) is 11.3 Å². The van der Waals surface area contributed by atoms with Gasteiger partial charge in [0.1, 0.15) is 5.00 Å². The second-order valence-electron chi connectivity index (χ2n) is 7.39. The van der Waals surface area contributed by atoms with Crippen LogP contribution >= 0.6 is 11.3 Å². The molecule has 0 saturated carbocycles. The summed E-state index contributed by atoms with van der Waals surface area (Å²) in [4.78, 5) is 25.9. The summed E-state index contributed by atoms with van der Waals surface area (Å²) in [5.74, 6) is -0.100. The summed E-state index contributed by atoms with van der Waals surface area (Å²) in [6, 6.07) is 15.1. The largest absolute Gasteiger partial charge is 0.493 e. The molecule has 6 nitrogen and oxygen atoms in total. The fraction of sp³-hybridized carbons (Fsp3) is 0.250. The Morgan fingerprint density at radius 3 is 2.48 bits per heavy atom. The molecule has 1 aliphatic carbocycles. The van der Waals surface area contributed by atoms with E-state index in [1.165, 1.54) is 31.1 Å². The van der Waals surface area contributed by atoms with Crippen molar-refractivity contribution in [3.05, 3.63) is 75.7 Å². The topological polar surface area (TPSA) is 84.9 Å². The zero-order valence-electron chi connectivity index (χ0n) is 17.3. The Bertz CT molecular complexity index is 1120. The Kier molecular flexibility index (Phi) is 5.95. The third kappa shape index (κ3) is 4.14. The lowest BCUT2D eigenvalue weighted by Crippen LogP contribution is -2.15. The third-order valence-electron chi connectivity index (χ3n) is 5.62. The molecule has 160 valence electrons. The Labute approximate surface area is 184 Å². The van der Waals surface area contributed by atoms with Crippen LogP contribution in [0.3, 0.4) is 0 Å². The van der Waals surface area contributed by atoms with Crippen molar-refractivity contribution in [3.8, 4) is 11.5 Å². The summed E-state index contributed by atoms with van der Waals surface area (Å²) < 4.78 is 10.5. The maximum absolute atomic E-state index is 12.9. The molecule has 0 radical (unpaired) electrons. The zero-order valence-corrected chi connectivity index (χ0v) is 18.1. The van der Waals surface area contributed by atoms with Gasteiger partial charge in [-0.2, -0.15) is 0 Å². The first-order valence-corrected chi connectivity index (χ1v) is 10.8. The number of carboxylic acid groups (broad SMARTS) is 1. The lowest BCUT2D eigenvalue weighted by molar-refractivity contribution is 0.0697. The number of methoxy groups -OCH3 is 2. The number of carbonyl (C=O) groups is 2. The van der Waals surface area contributed by atoms with Crippen molar-refractivity contribution >= 4 is 28.2 Å². The van der Waals surface area contributed by atoms with E-state index in [4.69, 9.17) is 9.47 Å². The summed E-state index contributed by atoms with van der Waals surface area (Å²) in [6.45, 7) is 0. The Hall–Kier alpha value is -3.32. The number of carbonyl (C=O) groups excluding carboxylic acids is 1. The van der Waals surface area contributed by atoms with E-state index in [1.807, 2.05) is 18.2 Å². The number of aromatic carboxylic acids is 1. The van der Waals surface area contributed by atoms with Crippen LogP contribution in [0.15, 0.2) is 48.5 Å². The van der Waals surface area contributed by atoms with E-state index in [1.54, 1.807) is 18.2 Å². The Morgan fingerprint density at radius 1 is 1.06 bits per heavy atom. The molecule has 1 amide bonds. The van der Waals surface area contributed by atoms with Gasteiger partial charge in [0.25, 0.3) is 5.91 Å². The molecule has 31 heavy (non-hydrogen) atoms. The summed E-state index contributed by atoms with van der Waals surface area (Å²) >= 11 is 1.36. The van der Waals surface area contributed by atoms with Crippen molar-refractivity contribution < 1.29 is 24.2 Å². The highest BCUT2D eigenvalue weighted by Crippen LogP contribution is 2.42. The van der Waals surface area contributed by atoms with Crippen LogP contribution in [0.2, 0.25) is 0 Å². The highest BCUT2D eigenvalue weighted by molar-refractivity contribution is 7.17. The third-order valence-corrected chi connectivity index (χ3v) is 6.79. The molecule has 1 aliphatic rings. The normalized spacial score (nSPS) is 15.1. The van der Waals surface area contributed by atoms with Crippen LogP contribution in [-0.4, -0.2) is 31.2 Å². The molecule has 0 bridgehead atoms. The number of ether oxygens (including phenoxy) is 2. The van der Waals surface area contributed by atoms with Crippen molar-refractivity contribution in [3.63, 3.8) is 0 Å². The summed E-state index contributed by atoms with van der Waals surface area (Å²) in [5.41, 5.74) is 2.67. The number of benzene rings is 2. The van der Waals surface area contributed by atoms with Gasteiger partial charge in [0, 0.05) is 10.4 Å². The average Bonchev–Trinajstić information content (AvgIpc) is 3.16. The number of hydrogen-bond acceptors (Lipinski definition) is 5. The highest BCUT2D eigenvalue weighted by atomic mass is 32.1. The predicted molar refractivity (Wildman–Crippen MR) is 120 cm³/mol. The second-order valence-corrected chi connectivity index (χ2v) is 8.49. The fourth-order valence-electron chi connectivity index (χ4n) is 4.06. The fourth-order valence-corrected chi connectivity index (χ4v) is 5.38. The van der Waals surface area contributed by atoms with Crippen molar-refractivity contribution in [2.75, 3.05) is 19.5 Å². The molecular formula is C24H23NO5S. The lowest BCUT2D eigenvalue weighted by atomic mass is 9.83. The van der Waals surface area contributed by atoms with Gasteiger partial charge in [-0.3, -0.25) is 4.79 Å². The minimum atomic E-state index is -1.02. The number of fused-ring (bicyclic) bond motifs is 1. The Balaban J connectivity index is 1.62. The first-order chi connectivity index (χ1) is 15.0. The van der Waals surface area contributed by atoms with Crippen molar-refractivity contribution in [2.24, 2.45) is 0 Å². The number of nitrogens with one attached hydrogen (secondary N) is 1. The molecule has 1 aromatic heterocycles. The summed E-state index contributed by atoms with van der Waals surface area (Å²) in [5, 5.41) is 13.0. The molecule has 0 fully saturated rings. The van der Waals surface area contributed by atoms with Gasteiger partial charge in [0.15, 0.2) is 11.5 Å². The maximum Gasteiger partial charge on any atom is 0.339 e. The molecule has 7 heteroatoms. The van der Waals surface area contributed by atoms with Gasteiger partial charge in [-0.1, -0.05) is 30.3 Å². The number of thiophene rings is 1. The molecule has 1 atom stereocenters. The smallest absolute Gasteiger partial charge is 0.339 e. The van der Waals surface area contributed by atoms with Crippen LogP contribution in [0.4, 0.5) is 5.00 Å². The quantitative estimate of drug-likeness (QED) is 0.568. The van der Waals surface area contributed by atoms with Crippen LogP contribution < -0.4 is 14.8 Å².